The number of nitrogens with zero attached hydrogens (tertiary/aromatic N) is 1. The molecule has 2 aliphatic rings. The largest absolute Gasteiger partial charge is 0.492 e. The maximum Gasteiger partial charge on any atom is 0.492 e. The maximum absolute atomic E-state index is 13.0. The molecule has 0 radical (unpaired) electrons. The van der Waals surface area contributed by atoms with Gasteiger partial charge >= 0.3 is 13.1 Å². The van der Waals surface area contributed by atoms with E-state index in [0.717, 1.165) is 43.0 Å². The average Bonchev–Trinajstić information content (AvgIpc) is 3.23. The van der Waals surface area contributed by atoms with Gasteiger partial charge in [0.1, 0.15) is 12.6 Å². The Morgan fingerprint density at radius 3 is 2.74 bits per heavy atom. The Morgan fingerprint density at radius 2 is 2.00 bits per heavy atom. The number of amides is 1. The van der Waals surface area contributed by atoms with Crippen LogP contribution in [-0.4, -0.2) is 56.2 Å². The number of benzene rings is 2. The molecule has 1 fully saturated rings. The molecule has 0 aliphatic carbocycles. The van der Waals surface area contributed by atoms with E-state index in [-0.39, 0.29) is 18.4 Å². The van der Waals surface area contributed by atoms with Crippen LogP contribution in [0.15, 0.2) is 36.4 Å². The van der Waals surface area contributed by atoms with Crippen molar-refractivity contribution in [2.24, 2.45) is 5.92 Å². The van der Waals surface area contributed by atoms with Gasteiger partial charge in [-0.3, -0.25) is 4.79 Å². The Labute approximate surface area is 200 Å². The maximum atomic E-state index is 13.0. The number of esters is 1. The third-order valence-electron chi connectivity index (χ3n) is 6.47. The molecule has 3 N–H and O–H groups in total. The monoisotopic (exact) mass is 465 g/mol. The van der Waals surface area contributed by atoms with Gasteiger partial charge in [0.05, 0.1) is 6.61 Å². The van der Waals surface area contributed by atoms with Crippen molar-refractivity contribution in [2.45, 2.75) is 40.0 Å². The number of carbonyl (C=O) groups excluding carboxylic acids is 2. The highest BCUT2D eigenvalue weighted by molar-refractivity contribution is 6.62. The van der Waals surface area contributed by atoms with Crippen LogP contribution in [0, 0.1) is 12.8 Å². The number of anilines is 1. The SMILES string of the molecule is Cc1c(C(=O)N[C@H](C(=O)OCc2cccc(N3CCNCC3)c2)C(C)C)ccc2c1B(O)OC2. The lowest BCUT2D eigenvalue weighted by atomic mass is 9.75. The molecule has 2 aromatic carbocycles. The van der Waals surface area contributed by atoms with E-state index in [4.69, 9.17) is 9.39 Å². The molecule has 0 saturated carbocycles. The highest BCUT2D eigenvalue weighted by atomic mass is 16.5. The molecular weight excluding hydrogens is 433 g/mol. The molecule has 9 heteroatoms. The van der Waals surface area contributed by atoms with Gasteiger partial charge in [0.15, 0.2) is 0 Å². The van der Waals surface area contributed by atoms with E-state index in [2.05, 4.69) is 21.6 Å². The number of rotatable bonds is 7. The number of carbonyl (C=O) groups is 2. The summed E-state index contributed by atoms with van der Waals surface area (Å²) in [5, 5.41) is 16.2. The highest BCUT2D eigenvalue weighted by Gasteiger charge is 2.32. The van der Waals surface area contributed by atoms with Gasteiger partial charge < -0.3 is 29.9 Å². The van der Waals surface area contributed by atoms with E-state index in [9.17, 15) is 14.6 Å². The Bertz CT molecular complexity index is 1050. The average molecular weight is 465 g/mol. The van der Waals surface area contributed by atoms with Gasteiger partial charge in [-0.2, -0.15) is 0 Å². The second-order valence-corrected chi connectivity index (χ2v) is 9.18. The molecule has 0 aromatic heterocycles. The number of ether oxygens (including phenoxy) is 1. The second-order valence-electron chi connectivity index (χ2n) is 9.18. The molecule has 2 heterocycles. The normalized spacial score (nSPS) is 16.4. The van der Waals surface area contributed by atoms with Crippen LogP contribution in [0.25, 0.3) is 0 Å². The fraction of sp³-hybridized carbons (Fsp3) is 0.440. The first kappa shape index (κ1) is 24.3. The Morgan fingerprint density at radius 1 is 1.24 bits per heavy atom. The van der Waals surface area contributed by atoms with Gasteiger partial charge in [0.25, 0.3) is 5.91 Å². The van der Waals surface area contributed by atoms with E-state index in [0.29, 0.717) is 23.2 Å². The van der Waals surface area contributed by atoms with Crippen LogP contribution < -0.4 is 21.0 Å². The number of fused-ring (bicyclic) bond motifs is 1. The summed E-state index contributed by atoms with van der Waals surface area (Å²) in [5.41, 5.74) is 4.57. The van der Waals surface area contributed by atoms with Crippen molar-refractivity contribution in [3.63, 3.8) is 0 Å². The summed E-state index contributed by atoms with van der Waals surface area (Å²) in [7, 11) is -1.04. The summed E-state index contributed by atoms with van der Waals surface area (Å²) in [6.07, 6.45) is 0. The molecule has 0 unspecified atom stereocenters. The van der Waals surface area contributed by atoms with Gasteiger partial charge in [-0.05, 0) is 53.2 Å². The van der Waals surface area contributed by atoms with Crippen LogP contribution in [0.1, 0.15) is 40.9 Å². The lowest BCUT2D eigenvalue weighted by Gasteiger charge is -2.29. The van der Waals surface area contributed by atoms with Crippen molar-refractivity contribution in [3.8, 4) is 0 Å². The number of hydrogen-bond acceptors (Lipinski definition) is 7. The van der Waals surface area contributed by atoms with Crippen molar-refractivity contribution in [3.05, 3.63) is 58.7 Å². The van der Waals surface area contributed by atoms with Gasteiger partial charge in [0, 0.05) is 37.4 Å². The highest BCUT2D eigenvalue weighted by Crippen LogP contribution is 2.19. The van der Waals surface area contributed by atoms with E-state index in [1.165, 1.54) is 0 Å². The topological polar surface area (TPSA) is 100 Å². The molecule has 1 amide bonds. The minimum absolute atomic E-state index is 0.138. The second kappa shape index (κ2) is 10.6. The van der Waals surface area contributed by atoms with Crippen molar-refractivity contribution >= 4 is 30.1 Å². The molecule has 8 nitrogen and oxygen atoms in total. The van der Waals surface area contributed by atoms with Crippen LogP contribution >= 0.6 is 0 Å². The first-order valence-electron chi connectivity index (χ1n) is 11.8. The summed E-state index contributed by atoms with van der Waals surface area (Å²) in [5.74, 6) is -1.01. The molecule has 0 bridgehead atoms. The zero-order valence-electron chi connectivity index (χ0n) is 20.0. The molecule has 1 atom stereocenters. The summed E-state index contributed by atoms with van der Waals surface area (Å²) >= 11 is 0. The lowest BCUT2D eigenvalue weighted by molar-refractivity contribution is -0.148. The standard InChI is InChI=1S/C25H32BN3O5/c1-16(2)23(28-24(30)21-8-7-19-15-34-26(32)22(19)17(21)3)25(31)33-14-18-5-4-6-20(13-18)29-11-9-27-10-12-29/h4-8,13,16,23,27,32H,9-12,14-15H2,1-3H3,(H,28,30)/t23-/m0/s1. The minimum Gasteiger partial charge on any atom is -0.459 e. The fourth-order valence-electron chi connectivity index (χ4n) is 4.48. The first-order valence-corrected chi connectivity index (χ1v) is 11.8. The van der Waals surface area contributed by atoms with E-state index >= 15 is 0 Å². The van der Waals surface area contributed by atoms with Crippen LogP contribution in [0.3, 0.4) is 0 Å². The lowest BCUT2D eigenvalue weighted by Crippen LogP contribution is -2.46. The molecule has 2 aromatic rings. The predicted molar refractivity (Wildman–Crippen MR) is 131 cm³/mol. The smallest absolute Gasteiger partial charge is 0.459 e. The van der Waals surface area contributed by atoms with Crippen molar-refractivity contribution in [1.29, 1.82) is 0 Å². The summed E-state index contributed by atoms with van der Waals surface area (Å²) < 4.78 is 10.9. The van der Waals surface area contributed by atoms with E-state index in [1.807, 2.05) is 32.0 Å². The predicted octanol–water partition coefficient (Wildman–Crippen LogP) is 1.12. The fourth-order valence-corrected chi connectivity index (χ4v) is 4.48. The molecule has 0 spiro atoms. The summed E-state index contributed by atoms with van der Waals surface area (Å²) in [4.78, 5) is 28.3. The Kier molecular flexibility index (Phi) is 7.55. The molecule has 1 saturated heterocycles. The van der Waals surface area contributed by atoms with Crippen molar-refractivity contribution < 1.29 is 24.0 Å². The molecule has 4 rings (SSSR count). The zero-order chi connectivity index (χ0) is 24.2. The molecule has 180 valence electrons. The minimum atomic E-state index is -1.04. The van der Waals surface area contributed by atoms with Gasteiger partial charge in [-0.25, -0.2) is 4.79 Å². The first-order chi connectivity index (χ1) is 16.3. The number of piperazine rings is 1. The van der Waals surface area contributed by atoms with Crippen molar-refractivity contribution in [1.82, 2.24) is 10.6 Å². The third-order valence-corrected chi connectivity index (χ3v) is 6.47. The Balaban J connectivity index is 1.41. The van der Waals surface area contributed by atoms with Crippen LogP contribution in [-0.2, 0) is 27.4 Å². The quantitative estimate of drug-likeness (QED) is 0.416. The van der Waals surface area contributed by atoms with Gasteiger partial charge in [0.2, 0.25) is 0 Å². The molecular formula is C25H32BN3O5. The van der Waals surface area contributed by atoms with Gasteiger partial charge in [-0.15, -0.1) is 0 Å². The van der Waals surface area contributed by atoms with Crippen LogP contribution in [0.2, 0.25) is 0 Å². The number of nitrogens with one attached hydrogen (secondary N) is 2. The Hall–Kier alpha value is -2.88. The number of hydrogen-bond donors (Lipinski definition) is 3. The zero-order valence-corrected chi connectivity index (χ0v) is 20.0. The molecule has 34 heavy (non-hydrogen) atoms. The van der Waals surface area contributed by atoms with Gasteiger partial charge in [-0.1, -0.05) is 32.0 Å². The van der Waals surface area contributed by atoms with Crippen molar-refractivity contribution in [2.75, 3.05) is 31.1 Å². The van der Waals surface area contributed by atoms with E-state index < -0.39 is 19.1 Å². The van der Waals surface area contributed by atoms with E-state index in [1.54, 1.807) is 19.1 Å². The summed E-state index contributed by atoms with van der Waals surface area (Å²) in [6, 6.07) is 10.7. The third kappa shape index (κ3) is 5.27. The van der Waals surface area contributed by atoms with Crippen LogP contribution in [0.5, 0.6) is 0 Å². The summed E-state index contributed by atoms with van der Waals surface area (Å²) in [6.45, 7) is 9.74. The molecule has 2 aliphatic heterocycles. The van der Waals surface area contributed by atoms with Crippen LogP contribution in [0.4, 0.5) is 5.69 Å².